The summed E-state index contributed by atoms with van der Waals surface area (Å²) in [5.74, 6) is 6.57. The minimum atomic E-state index is 0.360. The largest absolute Gasteiger partial charge is 0.491 e. The van der Waals surface area contributed by atoms with Crippen molar-refractivity contribution in [3.05, 3.63) is 29.8 Å². The van der Waals surface area contributed by atoms with E-state index in [0.29, 0.717) is 33.0 Å². The Bertz CT molecular complexity index is 409. The van der Waals surface area contributed by atoms with Crippen LogP contribution < -0.4 is 10.5 Å². The predicted octanol–water partition coefficient (Wildman–Crippen LogP) is 1.43. The van der Waals surface area contributed by atoms with E-state index < -0.39 is 0 Å². The number of benzene rings is 1. The maximum atomic E-state index is 5.57. The maximum Gasteiger partial charge on any atom is 0.120 e. The Morgan fingerprint density at radius 3 is 2.68 bits per heavy atom. The van der Waals surface area contributed by atoms with Gasteiger partial charge in [0.2, 0.25) is 0 Å². The zero-order valence-electron chi connectivity index (χ0n) is 11.4. The summed E-state index contributed by atoms with van der Waals surface area (Å²) in [6.07, 6.45) is 0. The highest BCUT2D eigenvalue weighted by Gasteiger charge is 1.95. The average Bonchev–Trinajstić information content (AvgIpc) is 2.44. The Morgan fingerprint density at radius 1 is 1.11 bits per heavy atom. The first-order valence-corrected chi connectivity index (χ1v) is 6.44. The summed E-state index contributed by atoms with van der Waals surface area (Å²) in [5, 5.41) is 0. The van der Waals surface area contributed by atoms with Gasteiger partial charge in [0.1, 0.15) is 12.4 Å². The number of hydrogen-bond acceptors (Lipinski definition) is 4. The Morgan fingerprint density at radius 2 is 1.89 bits per heavy atom. The topological polar surface area (TPSA) is 53.7 Å². The van der Waals surface area contributed by atoms with E-state index in [1.165, 1.54) is 0 Å². The molecule has 0 fully saturated rings. The molecule has 0 saturated heterocycles. The van der Waals surface area contributed by atoms with Crippen LogP contribution in [0.2, 0.25) is 0 Å². The molecular formula is C15H21NO3. The molecule has 0 aliphatic rings. The first-order valence-electron chi connectivity index (χ1n) is 6.44. The summed E-state index contributed by atoms with van der Waals surface area (Å²) in [6.45, 7) is 5.32. The molecule has 0 heterocycles. The molecule has 1 aromatic rings. The zero-order valence-corrected chi connectivity index (χ0v) is 11.4. The molecule has 0 aliphatic carbocycles. The highest BCUT2D eigenvalue weighted by atomic mass is 16.5. The highest BCUT2D eigenvalue weighted by Crippen LogP contribution is 2.12. The lowest BCUT2D eigenvalue weighted by Crippen LogP contribution is -2.10. The van der Waals surface area contributed by atoms with Gasteiger partial charge in [-0.25, -0.2) is 0 Å². The van der Waals surface area contributed by atoms with Crippen LogP contribution in [0, 0.1) is 11.8 Å². The molecule has 1 aromatic carbocycles. The van der Waals surface area contributed by atoms with E-state index in [0.717, 1.165) is 17.9 Å². The molecule has 0 radical (unpaired) electrons. The fraction of sp³-hybridized carbons (Fsp3) is 0.467. The van der Waals surface area contributed by atoms with E-state index in [1.54, 1.807) is 0 Å². The van der Waals surface area contributed by atoms with Gasteiger partial charge in [-0.3, -0.25) is 0 Å². The molecule has 104 valence electrons. The van der Waals surface area contributed by atoms with Gasteiger partial charge >= 0.3 is 0 Å². The van der Waals surface area contributed by atoms with Gasteiger partial charge < -0.3 is 19.9 Å². The van der Waals surface area contributed by atoms with Gasteiger partial charge in [0, 0.05) is 12.2 Å². The number of nitrogens with two attached hydrogens (primary N) is 1. The zero-order chi connectivity index (χ0) is 13.8. The van der Waals surface area contributed by atoms with Crippen LogP contribution in [0.15, 0.2) is 24.3 Å². The van der Waals surface area contributed by atoms with E-state index >= 15 is 0 Å². The second-order valence-corrected chi connectivity index (χ2v) is 3.69. The number of hydrogen-bond donors (Lipinski definition) is 1. The van der Waals surface area contributed by atoms with Gasteiger partial charge in [-0.15, -0.1) is 0 Å². The van der Waals surface area contributed by atoms with Crippen molar-refractivity contribution in [3.8, 4) is 17.6 Å². The predicted molar refractivity (Wildman–Crippen MR) is 75.2 cm³/mol. The van der Waals surface area contributed by atoms with Gasteiger partial charge in [0.15, 0.2) is 0 Å². The summed E-state index contributed by atoms with van der Waals surface area (Å²) in [4.78, 5) is 0. The third-order valence-electron chi connectivity index (χ3n) is 2.24. The first kappa shape index (κ1) is 15.5. The number of rotatable bonds is 8. The molecule has 4 heteroatoms. The van der Waals surface area contributed by atoms with E-state index in [1.807, 2.05) is 31.2 Å². The van der Waals surface area contributed by atoms with E-state index in [-0.39, 0.29) is 0 Å². The van der Waals surface area contributed by atoms with Crippen LogP contribution in [-0.4, -0.2) is 39.6 Å². The van der Waals surface area contributed by atoms with Crippen molar-refractivity contribution in [2.45, 2.75) is 6.92 Å². The van der Waals surface area contributed by atoms with Crippen molar-refractivity contribution in [3.63, 3.8) is 0 Å². The molecule has 0 bridgehead atoms. The Labute approximate surface area is 114 Å². The van der Waals surface area contributed by atoms with Gasteiger partial charge in [0.05, 0.1) is 26.4 Å². The Hall–Kier alpha value is -1.54. The highest BCUT2D eigenvalue weighted by molar-refractivity contribution is 5.39. The molecule has 0 unspecified atom stereocenters. The molecule has 0 aliphatic heterocycles. The molecule has 1 rings (SSSR count). The Kier molecular flexibility index (Phi) is 8.48. The molecule has 0 aromatic heterocycles. The smallest absolute Gasteiger partial charge is 0.120 e. The quantitative estimate of drug-likeness (QED) is 0.569. The maximum absolute atomic E-state index is 5.57. The summed E-state index contributed by atoms with van der Waals surface area (Å²) in [7, 11) is 0. The van der Waals surface area contributed by atoms with Crippen LogP contribution in [0.3, 0.4) is 0 Å². The molecule has 4 nitrogen and oxygen atoms in total. The van der Waals surface area contributed by atoms with Crippen LogP contribution in [0.1, 0.15) is 12.5 Å². The van der Waals surface area contributed by atoms with Crippen molar-refractivity contribution >= 4 is 0 Å². The summed E-state index contributed by atoms with van der Waals surface area (Å²) < 4.78 is 16.1. The monoisotopic (exact) mass is 263 g/mol. The summed E-state index contributed by atoms with van der Waals surface area (Å²) in [6, 6.07) is 7.62. The van der Waals surface area contributed by atoms with Crippen molar-refractivity contribution in [2.24, 2.45) is 5.73 Å². The van der Waals surface area contributed by atoms with Crippen LogP contribution in [0.5, 0.6) is 5.75 Å². The van der Waals surface area contributed by atoms with Gasteiger partial charge in [0.25, 0.3) is 0 Å². The molecule has 0 saturated carbocycles. The lowest BCUT2D eigenvalue weighted by Gasteiger charge is -2.07. The SMILES string of the molecule is CCOCCOCCOc1cccc(C#CCN)c1. The van der Waals surface area contributed by atoms with Crippen molar-refractivity contribution in [2.75, 3.05) is 39.6 Å². The molecular weight excluding hydrogens is 242 g/mol. The van der Waals surface area contributed by atoms with Crippen molar-refractivity contribution in [1.82, 2.24) is 0 Å². The normalized spacial score (nSPS) is 9.79. The molecule has 0 amide bonds. The fourth-order valence-electron chi connectivity index (χ4n) is 1.40. The van der Waals surface area contributed by atoms with E-state index in [2.05, 4.69) is 11.8 Å². The van der Waals surface area contributed by atoms with Crippen molar-refractivity contribution in [1.29, 1.82) is 0 Å². The van der Waals surface area contributed by atoms with E-state index in [4.69, 9.17) is 19.9 Å². The van der Waals surface area contributed by atoms with Crippen LogP contribution in [-0.2, 0) is 9.47 Å². The van der Waals surface area contributed by atoms with Crippen LogP contribution in [0.25, 0.3) is 0 Å². The lowest BCUT2D eigenvalue weighted by atomic mass is 10.2. The lowest BCUT2D eigenvalue weighted by molar-refractivity contribution is 0.0405. The molecule has 19 heavy (non-hydrogen) atoms. The molecule has 0 spiro atoms. The average molecular weight is 263 g/mol. The summed E-state index contributed by atoms with van der Waals surface area (Å²) >= 11 is 0. The minimum Gasteiger partial charge on any atom is -0.491 e. The third-order valence-corrected chi connectivity index (χ3v) is 2.24. The number of ether oxygens (including phenoxy) is 3. The Balaban J connectivity index is 2.22. The van der Waals surface area contributed by atoms with Gasteiger partial charge in [-0.05, 0) is 25.1 Å². The molecule has 2 N–H and O–H groups in total. The summed E-state index contributed by atoms with van der Waals surface area (Å²) in [5.41, 5.74) is 6.23. The second-order valence-electron chi connectivity index (χ2n) is 3.69. The first-order chi connectivity index (χ1) is 9.36. The van der Waals surface area contributed by atoms with E-state index in [9.17, 15) is 0 Å². The third kappa shape index (κ3) is 7.47. The van der Waals surface area contributed by atoms with Crippen LogP contribution >= 0.6 is 0 Å². The second kappa shape index (κ2) is 10.4. The van der Waals surface area contributed by atoms with Gasteiger partial charge in [-0.1, -0.05) is 17.9 Å². The van der Waals surface area contributed by atoms with Crippen molar-refractivity contribution < 1.29 is 14.2 Å². The van der Waals surface area contributed by atoms with Crippen LogP contribution in [0.4, 0.5) is 0 Å². The molecule has 0 atom stereocenters. The fourth-order valence-corrected chi connectivity index (χ4v) is 1.40. The van der Waals surface area contributed by atoms with Gasteiger partial charge in [-0.2, -0.15) is 0 Å². The minimum absolute atomic E-state index is 0.360. The standard InChI is InChI=1S/C15H21NO3/c1-2-17-9-10-18-11-12-19-15-7-3-5-14(13-15)6-4-8-16/h3,5,7,13H,2,8-12,16H2,1H3.